The number of methoxy groups -OCH3 is 1. The molecule has 1 aliphatic heterocycles. The highest BCUT2D eigenvalue weighted by atomic mass is 19.1. The lowest BCUT2D eigenvalue weighted by Crippen LogP contribution is -2.62. The number of hydrogen-bond donors (Lipinski definition) is 1. The van der Waals surface area contributed by atoms with Gasteiger partial charge in [-0.3, -0.25) is 0 Å². The molecule has 1 N–H and O–H groups in total. The molecule has 1 saturated heterocycles. The lowest BCUT2D eigenvalue weighted by molar-refractivity contribution is 0.0164. The molecule has 2 heterocycles. The Morgan fingerprint density at radius 1 is 1.48 bits per heavy atom. The Morgan fingerprint density at radius 2 is 2.24 bits per heavy atom. The zero-order chi connectivity index (χ0) is 15.0. The summed E-state index contributed by atoms with van der Waals surface area (Å²) in [5.74, 6) is 0.228. The molecule has 0 bridgehead atoms. The Hall–Kier alpha value is -2.46. The van der Waals surface area contributed by atoms with Gasteiger partial charge in [0.25, 0.3) is 0 Å². The number of β-amino-alcohol motifs (C(OH)–C–C–N with tert-alkyl or cyclic N) is 1. The van der Waals surface area contributed by atoms with Crippen molar-refractivity contribution < 1.29 is 14.2 Å². The van der Waals surface area contributed by atoms with E-state index in [4.69, 9.17) is 10.00 Å². The van der Waals surface area contributed by atoms with E-state index in [9.17, 15) is 9.50 Å². The Bertz CT molecular complexity index is 738. The standard InChI is InChI=1S/C14H13FN4O2/c1-21-12-4-9-11(5-10(12)15)17-8-18-13(9)19-6-14(20,7-19)2-3-16/h4-5,8,20H,2,6-7H2,1H3. The Labute approximate surface area is 120 Å². The summed E-state index contributed by atoms with van der Waals surface area (Å²) in [6, 6.07) is 4.80. The number of benzene rings is 1. The number of nitrogens with zero attached hydrogens (tertiary/aromatic N) is 4. The molecule has 0 radical (unpaired) electrons. The Kier molecular flexibility index (Phi) is 3.11. The van der Waals surface area contributed by atoms with Gasteiger partial charge in [0.05, 0.1) is 38.2 Å². The molecular weight excluding hydrogens is 275 g/mol. The van der Waals surface area contributed by atoms with Crippen molar-refractivity contribution in [2.75, 3.05) is 25.1 Å². The van der Waals surface area contributed by atoms with Gasteiger partial charge < -0.3 is 14.7 Å². The van der Waals surface area contributed by atoms with E-state index in [1.54, 1.807) is 6.07 Å². The summed E-state index contributed by atoms with van der Waals surface area (Å²) in [5, 5.41) is 19.4. The van der Waals surface area contributed by atoms with E-state index < -0.39 is 11.4 Å². The van der Waals surface area contributed by atoms with Crippen molar-refractivity contribution in [1.82, 2.24) is 9.97 Å². The number of hydrogen-bond acceptors (Lipinski definition) is 6. The number of halogens is 1. The van der Waals surface area contributed by atoms with Gasteiger partial charge in [-0.25, -0.2) is 14.4 Å². The first-order chi connectivity index (χ1) is 10.1. The van der Waals surface area contributed by atoms with Crippen molar-refractivity contribution in [2.24, 2.45) is 0 Å². The van der Waals surface area contributed by atoms with E-state index in [1.165, 1.54) is 19.5 Å². The number of aliphatic hydroxyl groups is 1. The first-order valence-electron chi connectivity index (χ1n) is 6.39. The first-order valence-corrected chi connectivity index (χ1v) is 6.39. The third-order valence-electron chi connectivity index (χ3n) is 3.57. The third-order valence-corrected chi connectivity index (χ3v) is 3.57. The van der Waals surface area contributed by atoms with Crippen LogP contribution >= 0.6 is 0 Å². The predicted molar refractivity (Wildman–Crippen MR) is 73.4 cm³/mol. The number of ether oxygens (including phenoxy) is 1. The molecule has 0 spiro atoms. The number of nitriles is 1. The van der Waals surface area contributed by atoms with E-state index in [1.807, 2.05) is 11.0 Å². The number of fused-ring (bicyclic) bond motifs is 1. The zero-order valence-corrected chi connectivity index (χ0v) is 11.4. The topological polar surface area (TPSA) is 82.3 Å². The molecule has 0 atom stereocenters. The summed E-state index contributed by atoms with van der Waals surface area (Å²) in [4.78, 5) is 10.1. The van der Waals surface area contributed by atoms with Crippen LogP contribution in [0.5, 0.6) is 5.75 Å². The molecule has 1 aliphatic rings. The van der Waals surface area contributed by atoms with Crippen LogP contribution in [0.15, 0.2) is 18.5 Å². The molecule has 7 heteroatoms. The maximum absolute atomic E-state index is 13.7. The minimum atomic E-state index is -1.00. The smallest absolute Gasteiger partial charge is 0.167 e. The molecule has 3 rings (SSSR count). The highest BCUT2D eigenvalue weighted by molar-refractivity contribution is 5.91. The minimum Gasteiger partial charge on any atom is -0.494 e. The summed E-state index contributed by atoms with van der Waals surface area (Å²) in [5.41, 5.74) is -0.537. The number of anilines is 1. The van der Waals surface area contributed by atoms with Crippen LogP contribution in [0, 0.1) is 17.1 Å². The SMILES string of the molecule is COc1cc2c(N3CC(O)(CC#N)C3)ncnc2cc1F. The van der Waals surface area contributed by atoms with E-state index in [-0.39, 0.29) is 12.2 Å². The average Bonchev–Trinajstić information content (AvgIpc) is 2.43. The van der Waals surface area contributed by atoms with Crippen LogP contribution in [-0.4, -0.2) is 40.9 Å². The Morgan fingerprint density at radius 3 is 2.90 bits per heavy atom. The fourth-order valence-corrected chi connectivity index (χ4v) is 2.53. The number of aromatic nitrogens is 2. The van der Waals surface area contributed by atoms with Crippen molar-refractivity contribution >= 4 is 16.7 Å². The molecule has 6 nitrogen and oxygen atoms in total. The minimum absolute atomic E-state index is 0.0739. The fraction of sp³-hybridized carbons (Fsp3) is 0.357. The second-order valence-electron chi connectivity index (χ2n) is 5.12. The molecule has 1 aromatic carbocycles. The highest BCUT2D eigenvalue weighted by Crippen LogP contribution is 2.34. The molecule has 21 heavy (non-hydrogen) atoms. The van der Waals surface area contributed by atoms with Crippen molar-refractivity contribution in [3.8, 4) is 11.8 Å². The van der Waals surface area contributed by atoms with Crippen LogP contribution < -0.4 is 9.64 Å². The first kappa shape index (κ1) is 13.5. The lowest BCUT2D eigenvalue weighted by atomic mass is 9.91. The molecule has 0 aliphatic carbocycles. The maximum atomic E-state index is 13.7. The molecule has 0 saturated carbocycles. The summed E-state index contributed by atoms with van der Waals surface area (Å²) in [6.07, 6.45) is 1.43. The summed E-state index contributed by atoms with van der Waals surface area (Å²) < 4.78 is 18.7. The molecular formula is C14H13FN4O2. The van der Waals surface area contributed by atoms with Gasteiger partial charge in [0.15, 0.2) is 11.6 Å². The molecule has 2 aromatic rings. The quantitative estimate of drug-likeness (QED) is 0.915. The number of rotatable bonds is 3. The van der Waals surface area contributed by atoms with Crippen LogP contribution in [0.4, 0.5) is 10.2 Å². The van der Waals surface area contributed by atoms with E-state index in [0.717, 1.165) is 0 Å². The molecule has 0 unspecified atom stereocenters. The van der Waals surface area contributed by atoms with Crippen LogP contribution in [0.3, 0.4) is 0 Å². The van der Waals surface area contributed by atoms with Gasteiger partial charge in [-0.2, -0.15) is 5.26 Å². The summed E-state index contributed by atoms with van der Waals surface area (Å²) in [7, 11) is 1.39. The van der Waals surface area contributed by atoms with Crippen LogP contribution in [0.25, 0.3) is 10.9 Å². The monoisotopic (exact) mass is 288 g/mol. The van der Waals surface area contributed by atoms with Gasteiger partial charge in [0.2, 0.25) is 0 Å². The van der Waals surface area contributed by atoms with Gasteiger partial charge in [0.1, 0.15) is 17.7 Å². The predicted octanol–water partition coefficient (Wildman–Crippen LogP) is 1.24. The van der Waals surface area contributed by atoms with Crippen LogP contribution in [0.1, 0.15) is 6.42 Å². The summed E-state index contributed by atoms with van der Waals surface area (Å²) >= 11 is 0. The molecule has 1 aromatic heterocycles. The maximum Gasteiger partial charge on any atom is 0.167 e. The lowest BCUT2D eigenvalue weighted by Gasteiger charge is -2.46. The zero-order valence-electron chi connectivity index (χ0n) is 11.4. The normalized spacial score (nSPS) is 16.4. The Balaban J connectivity index is 1.99. The van der Waals surface area contributed by atoms with Gasteiger partial charge in [-0.1, -0.05) is 0 Å². The summed E-state index contributed by atoms with van der Waals surface area (Å²) in [6.45, 7) is 0.624. The van der Waals surface area contributed by atoms with Crippen molar-refractivity contribution in [1.29, 1.82) is 5.26 Å². The van der Waals surface area contributed by atoms with E-state index in [2.05, 4.69) is 9.97 Å². The largest absolute Gasteiger partial charge is 0.494 e. The van der Waals surface area contributed by atoms with Gasteiger partial charge in [0, 0.05) is 11.5 Å². The van der Waals surface area contributed by atoms with Crippen LogP contribution in [0.2, 0.25) is 0 Å². The van der Waals surface area contributed by atoms with Gasteiger partial charge in [-0.05, 0) is 6.07 Å². The van der Waals surface area contributed by atoms with Gasteiger partial charge in [-0.15, -0.1) is 0 Å². The molecule has 1 fully saturated rings. The van der Waals surface area contributed by atoms with Crippen molar-refractivity contribution in [3.05, 3.63) is 24.3 Å². The highest BCUT2D eigenvalue weighted by Gasteiger charge is 2.42. The second-order valence-corrected chi connectivity index (χ2v) is 5.12. The molecule has 108 valence electrons. The average molecular weight is 288 g/mol. The van der Waals surface area contributed by atoms with Crippen LogP contribution in [-0.2, 0) is 0 Å². The third kappa shape index (κ3) is 2.23. The van der Waals surface area contributed by atoms with Crippen molar-refractivity contribution in [2.45, 2.75) is 12.0 Å². The van der Waals surface area contributed by atoms with Crippen molar-refractivity contribution in [3.63, 3.8) is 0 Å². The fourth-order valence-electron chi connectivity index (χ4n) is 2.53. The van der Waals surface area contributed by atoms with E-state index in [0.29, 0.717) is 29.8 Å². The van der Waals surface area contributed by atoms with Gasteiger partial charge >= 0.3 is 0 Å². The van der Waals surface area contributed by atoms with E-state index >= 15 is 0 Å². The molecule has 0 amide bonds. The second kappa shape index (κ2) is 4.82.